The molecule has 0 saturated carbocycles. The first-order valence-corrected chi connectivity index (χ1v) is 6.08. The van der Waals surface area contributed by atoms with Gasteiger partial charge in [-0.15, -0.1) is 0 Å². The van der Waals surface area contributed by atoms with Crippen molar-refractivity contribution in [3.05, 3.63) is 0 Å². The summed E-state index contributed by atoms with van der Waals surface area (Å²) in [6.45, 7) is 5.19. The number of hydrogen-bond acceptors (Lipinski definition) is 3. The maximum Gasteiger partial charge on any atom is 0.222 e. The van der Waals surface area contributed by atoms with Crippen molar-refractivity contribution in [2.45, 2.75) is 31.7 Å². The van der Waals surface area contributed by atoms with Gasteiger partial charge in [-0.3, -0.25) is 4.79 Å². The molecule has 1 unspecified atom stereocenters. The highest BCUT2D eigenvalue weighted by atomic mass is 16.2. The van der Waals surface area contributed by atoms with Crippen LogP contribution in [0.15, 0.2) is 0 Å². The molecule has 0 radical (unpaired) electrons. The van der Waals surface area contributed by atoms with E-state index in [1.54, 1.807) is 0 Å². The topological polar surface area (TPSA) is 44.4 Å². The summed E-state index contributed by atoms with van der Waals surface area (Å²) in [6, 6.07) is 0.652. The van der Waals surface area contributed by atoms with E-state index in [1.165, 1.54) is 6.42 Å². The summed E-state index contributed by atoms with van der Waals surface area (Å²) >= 11 is 0. The van der Waals surface area contributed by atoms with Crippen molar-refractivity contribution < 1.29 is 4.79 Å². The van der Waals surface area contributed by atoms with Gasteiger partial charge in [0.05, 0.1) is 0 Å². The Labute approximate surface area is 91.4 Å². The van der Waals surface area contributed by atoms with Crippen molar-refractivity contribution in [3.63, 3.8) is 0 Å². The summed E-state index contributed by atoms with van der Waals surface area (Å²) in [4.78, 5) is 13.3. The quantitative estimate of drug-likeness (QED) is 0.627. The lowest BCUT2D eigenvalue weighted by atomic mass is 10.2. The predicted molar refractivity (Wildman–Crippen MR) is 59.7 cm³/mol. The number of nitrogens with zero attached hydrogens (tertiary/aromatic N) is 1. The van der Waals surface area contributed by atoms with Gasteiger partial charge in [0, 0.05) is 32.1 Å². The SMILES string of the molecule is O=C1CCCN1CCCNC1CCNC1. The molecule has 2 aliphatic heterocycles. The number of carbonyl (C=O) groups is 1. The first kappa shape index (κ1) is 10.9. The van der Waals surface area contributed by atoms with E-state index in [0.717, 1.165) is 52.0 Å². The Hall–Kier alpha value is -0.610. The fourth-order valence-corrected chi connectivity index (χ4v) is 2.35. The predicted octanol–water partition coefficient (Wildman–Crippen LogP) is -0.0496. The monoisotopic (exact) mass is 211 g/mol. The summed E-state index contributed by atoms with van der Waals surface area (Å²) in [5, 5.41) is 6.85. The van der Waals surface area contributed by atoms with Crippen LogP contribution in [0.5, 0.6) is 0 Å². The first-order chi connectivity index (χ1) is 7.36. The summed E-state index contributed by atoms with van der Waals surface area (Å²) in [5.41, 5.74) is 0. The van der Waals surface area contributed by atoms with Gasteiger partial charge in [0.2, 0.25) is 5.91 Å². The van der Waals surface area contributed by atoms with Crippen LogP contribution in [0.25, 0.3) is 0 Å². The van der Waals surface area contributed by atoms with Crippen LogP contribution in [0.2, 0.25) is 0 Å². The van der Waals surface area contributed by atoms with Crippen molar-refractivity contribution in [3.8, 4) is 0 Å². The van der Waals surface area contributed by atoms with Gasteiger partial charge >= 0.3 is 0 Å². The molecule has 2 aliphatic rings. The van der Waals surface area contributed by atoms with Crippen LogP contribution in [-0.4, -0.2) is 49.6 Å². The Bertz CT molecular complexity index is 214. The zero-order valence-corrected chi connectivity index (χ0v) is 9.30. The number of nitrogens with one attached hydrogen (secondary N) is 2. The minimum absolute atomic E-state index is 0.345. The molecule has 0 bridgehead atoms. The van der Waals surface area contributed by atoms with E-state index in [9.17, 15) is 4.79 Å². The molecule has 0 aromatic carbocycles. The van der Waals surface area contributed by atoms with Crippen molar-refractivity contribution in [1.29, 1.82) is 0 Å². The Morgan fingerprint density at radius 1 is 1.53 bits per heavy atom. The zero-order chi connectivity index (χ0) is 10.5. The molecule has 1 amide bonds. The number of carbonyl (C=O) groups excluding carboxylic acids is 1. The van der Waals surface area contributed by atoms with Gasteiger partial charge in [0.15, 0.2) is 0 Å². The number of hydrogen-bond donors (Lipinski definition) is 2. The molecule has 2 N–H and O–H groups in total. The van der Waals surface area contributed by atoms with E-state index in [-0.39, 0.29) is 0 Å². The van der Waals surface area contributed by atoms with Crippen LogP contribution in [0.1, 0.15) is 25.7 Å². The number of rotatable bonds is 5. The van der Waals surface area contributed by atoms with Gasteiger partial charge in [-0.1, -0.05) is 0 Å². The molecule has 4 heteroatoms. The standard InChI is InChI=1S/C11H21N3O/c15-11-3-1-7-14(11)8-2-5-13-10-4-6-12-9-10/h10,12-13H,1-9H2. The normalized spacial score (nSPS) is 26.5. The van der Waals surface area contributed by atoms with Gasteiger partial charge in [0.1, 0.15) is 0 Å². The summed E-state index contributed by atoms with van der Waals surface area (Å²) < 4.78 is 0. The maximum absolute atomic E-state index is 11.3. The highest BCUT2D eigenvalue weighted by Gasteiger charge is 2.19. The van der Waals surface area contributed by atoms with Crippen LogP contribution in [0.4, 0.5) is 0 Å². The first-order valence-electron chi connectivity index (χ1n) is 6.08. The van der Waals surface area contributed by atoms with Crippen LogP contribution in [0, 0.1) is 0 Å². The third kappa shape index (κ3) is 3.18. The van der Waals surface area contributed by atoms with E-state index < -0.39 is 0 Å². The summed E-state index contributed by atoms with van der Waals surface area (Å²) in [6.07, 6.45) is 4.14. The average molecular weight is 211 g/mol. The molecule has 1 atom stereocenters. The smallest absolute Gasteiger partial charge is 0.222 e. The van der Waals surface area contributed by atoms with Crippen LogP contribution >= 0.6 is 0 Å². The lowest BCUT2D eigenvalue weighted by molar-refractivity contribution is -0.127. The Kier molecular flexibility index (Phi) is 3.97. The molecule has 15 heavy (non-hydrogen) atoms. The number of amides is 1. The molecule has 0 aromatic heterocycles. The molecule has 2 fully saturated rings. The molecule has 0 spiro atoms. The van der Waals surface area contributed by atoms with Gasteiger partial charge in [-0.25, -0.2) is 0 Å². The molecule has 0 aliphatic carbocycles. The van der Waals surface area contributed by atoms with Gasteiger partial charge < -0.3 is 15.5 Å². The van der Waals surface area contributed by atoms with E-state index in [1.807, 2.05) is 4.90 Å². The zero-order valence-electron chi connectivity index (χ0n) is 9.30. The second-order valence-electron chi connectivity index (χ2n) is 4.48. The van der Waals surface area contributed by atoms with Crippen LogP contribution < -0.4 is 10.6 Å². The number of likely N-dealkylation sites (tertiary alicyclic amines) is 1. The van der Waals surface area contributed by atoms with E-state index in [0.29, 0.717) is 11.9 Å². The molecule has 2 heterocycles. The fraction of sp³-hybridized carbons (Fsp3) is 0.909. The minimum atomic E-state index is 0.345. The fourth-order valence-electron chi connectivity index (χ4n) is 2.35. The lowest BCUT2D eigenvalue weighted by Gasteiger charge is -2.16. The lowest BCUT2D eigenvalue weighted by Crippen LogP contribution is -2.34. The summed E-state index contributed by atoms with van der Waals surface area (Å²) in [7, 11) is 0. The highest BCUT2D eigenvalue weighted by molar-refractivity contribution is 5.77. The van der Waals surface area contributed by atoms with E-state index >= 15 is 0 Å². The second kappa shape index (κ2) is 5.47. The molecule has 0 aromatic rings. The largest absolute Gasteiger partial charge is 0.343 e. The Morgan fingerprint density at radius 3 is 3.13 bits per heavy atom. The van der Waals surface area contributed by atoms with Crippen molar-refractivity contribution in [2.24, 2.45) is 0 Å². The third-order valence-corrected chi connectivity index (χ3v) is 3.27. The van der Waals surface area contributed by atoms with Crippen LogP contribution in [0.3, 0.4) is 0 Å². The molecule has 2 rings (SSSR count). The van der Waals surface area contributed by atoms with Crippen LogP contribution in [-0.2, 0) is 4.79 Å². The Balaban J connectivity index is 1.52. The van der Waals surface area contributed by atoms with Crippen molar-refractivity contribution in [1.82, 2.24) is 15.5 Å². The van der Waals surface area contributed by atoms with Crippen molar-refractivity contribution >= 4 is 5.91 Å². The third-order valence-electron chi connectivity index (χ3n) is 3.27. The van der Waals surface area contributed by atoms with Crippen molar-refractivity contribution in [2.75, 3.05) is 32.7 Å². The molecule has 86 valence electrons. The van der Waals surface area contributed by atoms with Gasteiger partial charge in [-0.2, -0.15) is 0 Å². The molecule has 2 saturated heterocycles. The second-order valence-corrected chi connectivity index (χ2v) is 4.48. The van der Waals surface area contributed by atoms with Gasteiger partial charge in [-0.05, 0) is 32.4 Å². The molecular formula is C11H21N3O. The van der Waals surface area contributed by atoms with Gasteiger partial charge in [0.25, 0.3) is 0 Å². The minimum Gasteiger partial charge on any atom is -0.343 e. The van der Waals surface area contributed by atoms with E-state index in [4.69, 9.17) is 0 Å². The summed E-state index contributed by atoms with van der Waals surface area (Å²) in [5.74, 6) is 0.345. The Morgan fingerprint density at radius 2 is 2.47 bits per heavy atom. The molecular weight excluding hydrogens is 190 g/mol. The highest BCUT2D eigenvalue weighted by Crippen LogP contribution is 2.09. The molecule has 4 nitrogen and oxygen atoms in total. The maximum atomic E-state index is 11.3. The average Bonchev–Trinajstić information content (AvgIpc) is 2.85. The van der Waals surface area contributed by atoms with E-state index in [2.05, 4.69) is 10.6 Å².